The molecular formula is C25H38O9. The van der Waals surface area contributed by atoms with Crippen molar-refractivity contribution < 1.29 is 43.8 Å². The standard InChI is InChI=1S/C25H38O9/c1-12-8-13(2)25-17(15(9-30-3)24(29)33-22(12)18(26)11-32-5)7-6-14-19(25)20(27)16(10-31-4)21(28)23(14)34-25/h6-8,12,14-23,26-28H,9-11H2,1-5H3. The molecule has 4 aliphatic rings. The average molecular weight is 483 g/mol. The first-order valence-electron chi connectivity index (χ1n) is 12.0. The summed E-state index contributed by atoms with van der Waals surface area (Å²) in [5, 5.41) is 33.3. The van der Waals surface area contributed by atoms with Gasteiger partial charge in [-0.25, -0.2) is 0 Å². The van der Waals surface area contributed by atoms with E-state index >= 15 is 0 Å². The molecule has 0 aromatic heterocycles. The Morgan fingerprint density at radius 3 is 2.44 bits per heavy atom. The Hall–Kier alpha value is -1.33. The lowest BCUT2D eigenvalue weighted by molar-refractivity contribution is -0.173. The Kier molecular flexibility index (Phi) is 7.55. The van der Waals surface area contributed by atoms with Gasteiger partial charge in [-0.1, -0.05) is 25.2 Å². The number of cyclic esters (lactones) is 1. The molecule has 1 saturated heterocycles. The summed E-state index contributed by atoms with van der Waals surface area (Å²) < 4.78 is 28.5. The van der Waals surface area contributed by atoms with Gasteiger partial charge in [0, 0.05) is 50.9 Å². The second-order valence-corrected chi connectivity index (χ2v) is 10.2. The Bertz CT molecular complexity index is 812. The van der Waals surface area contributed by atoms with Gasteiger partial charge < -0.3 is 39.0 Å². The third-order valence-corrected chi connectivity index (χ3v) is 8.30. The zero-order chi connectivity index (χ0) is 24.8. The van der Waals surface area contributed by atoms with Gasteiger partial charge in [-0.05, 0) is 12.5 Å². The predicted octanol–water partition coefficient (Wildman–Crippen LogP) is 0.318. The Morgan fingerprint density at radius 2 is 1.79 bits per heavy atom. The van der Waals surface area contributed by atoms with Crippen molar-refractivity contribution in [3.63, 3.8) is 0 Å². The number of carbonyl (C=O) groups is 1. The molecule has 2 aliphatic carbocycles. The highest BCUT2D eigenvalue weighted by molar-refractivity contribution is 5.74. The van der Waals surface area contributed by atoms with Gasteiger partial charge in [-0.3, -0.25) is 4.79 Å². The van der Waals surface area contributed by atoms with Crippen LogP contribution in [0, 0.1) is 35.5 Å². The number of aliphatic hydroxyl groups is 3. The van der Waals surface area contributed by atoms with Crippen LogP contribution >= 0.6 is 0 Å². The van der Waals surface area contributed by atoms with Crippen molar-refractivity contribution in [3.8, 4) is 0 Å². The van der Waals surface area contributed by atoms with Crippen molar-refractivity contribution in [2.75, 3.05) is 41.2 Å². The maximum Gasteiger partial charge on any atom is 0.312 e. The van der Waals surface area contributed by atoms with Crippen molar-refractivity contribution in [2.24, 2.45) is 35.5 Å². The number of hydrogen-bond acceptors (Lipinski definition) is 9. The molecule has 1 spiro atoms. The molecule has 192 valence electrons. The van der Waals surface area contributed by atoms with Gasteiger partial charge in [0.2, 0.25) is 0 Å². The van der Waals surface area contributed by atoms with Gasteiger partial charge in [0.25, 0.3) is 0 Å². The first kappa shape index (κ1) is 25.8. The van der Waals surface area contributed by atoms with Gasteiger partial charge in [0.05, 0.1) is 44.1 Å². The van der Waals surface area contributed by atoms with Crippen LogP contribution in [0.4, 0.5) is 0 Å². The lowest BCUT2D eigenvalue weighted by atomic mass is 9.56. The highest BCUT2D eigenvalue weighted by Gasteiger charge is 2.70. The Labute approximate surface area is 200 Å². The topological polar surface area (TPSA) is 124 Å². The molecule has 12 unspecified atom stereocenters. The molecule has 0 aromatic carbocycles. The van der Waals surface area contributed by atoms with E-state index in [0.717, 1.165) is 5.57 Å². The van der Waals surface area contributed by atoms with Crippen LogP contribution < -0.4 is 0 Å². The van der Waals surface area contributed by atoms with Crippen LogP contribution in [0.2, 0.25) is 0 Å². The zero-order valence-electron chi connectivity index (χ0n) is 20.5. The first-order chi connectivity index (χ1) is 16.2. The zero-order valence-corrected chi connectivity index (χ0v) is 20.5. The Morgan fingerprint density at radius 1 is 1.09 bits per heavy atom. The molecule has 0 radical (unpaired) electrons. The van der Waals surface area contributed by atoms with Crippen LogP contribution in [0.25, 0.3) is 0 Å². The number of carbonyl (C=O) groups excluding carboxylic acids is 1. The van der Waals surface area contributed by atoms with E-state index in [4.69, 9.17) is 23.7 Å². The average Bonchev–Trinajstić information content (AvgIpc) is 3.00. The van der Waals surface area contributed by atoms with Crippen LogP contribution in [0.5, 0.6) is 0 Å². The number of esters is 1. The lowest BCUT2D eigenvalue weighted by Gasteiger charge is -2.49. The number of rotatable bonds is 7. The largest absolute Gasteiger partial charge is 0.459 e. The van der Waals surface area contributed by atoms with Gasteiger partial charge >= 0.3 is 5.97 Å². The minimum absolute atomic E-state index is 0.0193. The molecule has 34 heavy (non-hydrogen) atoms. The third-order valence-electron chi connectivity index (χ3n) is 8.30. The molecule has 2 aliphatic heterocycles. The fourth-order valence-corrected chi connectivity index (χ4v) is 6.87. The van der Waals surface area contributed by atoms with E-state index in [2.05, 4.69) is 0 Å². The van der Waals surface area contributed by atoms with E-state index in [0.29, 0.717) is 0 Å². The fourth-order valence-electron chi connectivity index (χ4n) is 6.87. The maximum atomic E-state index is 13.5. The normalized spacial score (nSPS) is 46.6. The molecule has 0 aromatic rings. The van der Waals surface area contributed by atoms with E-state index in [1.165, 1.54) is 14.2 Å². The van der Waals surface area contributed by atoms with Crippen LogP contribution in [-0.2, 0) is 28.5 Å². The molecule has 4 rings (SSSR count). The molecule has 12 atom stereocenters. The summed E-state index contributed by atoms with van der Waals surface area (Å²) in [6, 6.07) is 0. The molecular weight excluding hydrogens is 444 g/mol. The van der Waals surface area contributed by atoms with E-state index < -0.39 is 59.8 Å². The summed E-state index contributed by atoms with van der Waals surface area (Å²) in [7, 11) is 4.54. The second kappa shape index (κ2) is 9.97. The molecule has 1 saturated carbocycles. The predicted molar refractivity (Wildman–Crippen MR) is 121 cm³/mol. The quantitative estimate of drug-likeness (QED) is 0.348. The SMILES string of the molecule is COCC(O)C1OC(=O)C(COC)C2C=CC3C4OC2(C(C)=CC1C)C3C(O)C(COC)C4O. The molecule has 2 fully saturated rings. The smallest absolute Gasteiger partial charge is 0.312 e. The van der Waals surface area contributed by atoms with Crippen LogP contribution in [0.3, 0.4) is 0 Å². The summed E-state index contributed by atoms with van der Waals surface area (Å²) in [5.74, 6) is -3.18. The highest BCUT2D eigenvalue weighted by atomic mass is 16.6. The first-order valence-corrected chi connectivity index (χ1v) is 12.0. The van der Waals surface area contributed by atoms with Crippen LogP contribution in [0.15, 0.2) is 23.8 Å². The second-order valence-electron chi connectivity index (χ2n) is 10.2. The fraction of sp³-hybridized carbons (Fsp3) is 0.800. The molecule has 9 nitrogen and oxygen atoms in total. The number of hydrogen-bond donors (Lipinski definition) is 3. The summed E-state index contributed by atoms with van der Waals surface area (Å²) in [6.45, 7) is 4.11. The van der Waals surface area contributed by atoms with Crippen molar-refractivity contribution in [1.82, 2.24) is 0 Å². The molecule has 9 heteroatoms. The number of ether oxygens (including phenoxy) is 5. The molecule has 0 amide bonds. The molecule has 4 bridgehead atoms. The Balaban J connectivity index is 1.85. The summed E-state index contributed by atoms with van der Waals surface area (Å²) in [5.41, 5.74) is -0.199. The lowest BCUT2D eigenvalue weighted by Crippen LogP contribution is -2.59. The van der Waals surface area contributed by atoms with Gasteiger partial charge in [0.15, 0.2) is 0 Å². The van der Waals surface area contributed by atoms with Gasteiger partial charge in [-0.2, -0.15) is 0 Å². The maximum absolute atomic E-state index is 13.5. The minimum atomic E-state index is -1.04. The number of methoxy groups -OCH3 is 3. The van der Waals surface area contributed by atoms with Crippen molar-refractivity contribution in [3.05, 3.63) is 23.8 Å². The van der Waals surface area contributed by atoms with Crippen molar-refractivity contribution in [2.45, 2.75) is 50.0 Å². The van der Waals surface area contributed by atoms with E-state index in [9.17, 15) is 20.1 Å². The van der Waals surface area contributed by atoms with E-state index in [-0.39, 0.29) is 37.6 Å². The van der Waals surface area contributed by atoms with Crippen molar-refractivity contribution >= 4 is 5.97 Å². The van der Waals surface area contributed by atoms with Gasteiger partial charge in [0.1, 0.15) is 17.8 Å². The van der Waals surface area contributed by atoms with Crippen LogP contribution in [0.1, 0.15) is 13.8 Å². The molecule has 3 N–H and O–H groups in total. The van der Waals surface area contributed by atoms with E-state index in [1.54, 1.807) is 7.11 Å². The van der Waals surface area contributed by atoms with Crippen molar-refractivity contribution in [1.29, 1.82) is 0 Å². The summed E-state index contributed by atoms with van der Waals surface area (Å²) in [4.78, 5) is 13.5. The third kappa shape index (κ3) is 3.86. The van der Waals surface area contributed by atoms with Crippen LogP contribution in [-0.4, -0.2) is 98.6 Å². The number of aliphatic hydroxyl groups excluding tert-OH is 3. The minimum Gasteiger partial charge on any atom is -0.459 e. The van der Waals surface area contributed by atoms with Gasteiger partial charge in [-0.15, -0.1) is 0 Å². The molecule has 2 heterocycles. The highest BCUT2D eigenvalue weighted by Crippen LogP contribution is 2.61. The van der Waals surface area contributed by atoms with E-state index in [1.807, 2.05) is 32.1 Å². The summed E-state index contributed by atoms with van der Waals surface area (Å²) >= 11 is 0. The monoisotopic (exact) mass is 482 g/mol. The summed E-state index contributed by atoms with van der Waals surface area (Å²) in [6.07, 6.45) is 1.68.